The second kappa shape index (κ2) is 9.69. The fraction of sp³-hybridized carbons (Fsp3) is 0.500. The summed E-state index contributed by atoms with van der Waals surface area (Å²) in [6, 6.07) is 5.79. The van der Waals surface area contributed by atoms with Crippen molar-refractivity contribution in [2.24, 2.45) is 0 Å². The minimum atomic E-state index is -3.43. The van der Waals surface area contributed by atoms with Crippen LogP contribution in [0.5, 0.6) is 0 Å². The highest BCUT2D eigenvalue weighted by Crippen LogP contribution is 2.56. The molecule has 2 atom stereocenters. The normalized spacial score (nSPS) is 16.8. The van der Waals surface area contributed by atoms with Gasteiger partial charge in [0.15, 0.2) is 0 Å². The maximum absolute atomic E-state index is 13.0. The highest BCUT2D eigenvalue weighted by Gasteiger charge is 2.36. The average Bonchev–Trinajstić information content (AvgIpc) is 2.86. The van der Waals surface area contributed by atoms with Crippen LogP contribution in [-0.2, 0) is 18.6 Å². The molecule has 8 nitrogen and oxygen atoms in total. The first-order valence-corrected chi connectivity index (χ1v) is 12.2. The predicted octanol–water partition coefficient (Wildman–Crippen LogP) is 3.09. The van der Waals surface area contributed by atoms with E-state index in [2.05, 4.69) is 5.09 Å². The summed E-state index contributed by atoms with van der Waals surface area (Å²) in [4.78, 5) is 37.8. The number of fused-ring (bicyclic) bond motifs is 1. The fourth-order valence-corrected chi connectivity index (χ4v) is 6.45. The van der Waals surface area contributed by atoms with Crippen molar-refractivity contribution in [3.8, 4) is 0 Å². The first-order chi connectivity index (χ1) is 13.2. The Labute approximate surface area is 168 Å². The molecule has 154 valence electrons. The number of imide groups is 1. The van der Waals surface area contributed by atoms with E-state index in [-0.39, 0.29) is 36.8 Å². The lowest BCUT2D eigenvalue weighted by Crippen LogP contribution is -2.35. The molecule has 2 rings (SSSR count). The van der Waals surface area contributed by atoms with Crippen molar-refractivity contribution in [3.63, 3.8) is 0 Å². The van der Waals surface area contributed by atoms with Crippen molar-refractivity contribution in [1.29, 1.82) is 0 Å². The quantitative estimate of drug-likeness (QED) is 0.345. The molecule has 2 amide bonds. The number of carbonyl (C=O) groups excluding carboxylic acids is 3. The Bertz CT molecular complexity index is 765. The molecule has 0 saturated carbocycles. The van der Waals surface area contributed by atoms with Crippen LogP contribution in [0.25, 0.3) is 0 Å². The van der Waals surface area contributed by atoms with Gasteiger partial charge in [-0.3, -0.25) is 23.8 Å². The van der Waals surface area contributed by atoms with Crippen LogP contribution in [0.3, 0.4) is 0 Å². The molecule has 1 aromatic rings. The smallest absolute Gasteiger partial charge is 0.327 e. The molecule has 0 spiro atoms. The average molecular weight is 428 g/mol. The molecule has 1 aromatic carbocycles. The summed E-state index contributed by atoms with van der Waals surface area (Å²) in [6.45, 7) is 3.52. The summed E-state index contributed by atoms with van der Waals surface area (Å²) in [5.41, 5.74) is 0.738. The van der Waals surface area contributed by atoms with Crippen LogP contribution >= 0.6 is 18.1 Å². The topological polar surface area (TPSA) is 102 Å². The van der Waals surface area contributed by atoms with Crippen LogP contribution in [0.2, 0.25) is 0 Å². The third-order valence-electron chi connectivity index (χ3n) is 3.81. The van der Waals surface area contributed by atoms with Crippen LogP contribution in [0, 0.1) is 0 Å². The Morgan fingerprint density at radius 2 is 1.75 bits per heavy atom. The van der Waals surface area contributed by atoms with Gasteiger partial charge >= 0.3 is 12.7 Å². The summed E-state index contributed by atoms with van der Waals surface area (Å²) in [5, 5.41) is 2.70. The molecule has 1 aliphatic heterocycles. The lowest BCUT2D eigenvalue weighted by atomic mass is 10.1. The molecule has 0 bridgehead atoms. The molecule has 1 aliphatic rings. The summed E-state index contributed by atoms with van der Waals surface area (Å²) in [6.07, 6.45) is -0.287. The molecule has 0 aliphatic carbocycles. The van der Waals surface area contributed by atoms with Gasteiger partial charge in [0.05, 0.1) is 23.8 Å². The number of amides is 2. The number of esters is 1. The zero-order valence-electron chi connectivity index (χ0n) is 16.3. The standard InChI is InChI=1S/C18H25N2O6PS/c1-5-25-27(24,19-13(4)18(23)26-12(2)3)28-11-10-20-16(21)14-8-6-7-9-15(14)17(20)22/h6-9,12-13H,5,10-11H2,1-4H3,(H,19,24)/t13-,27?/m0/s1. The molecule has 0 aromatic heterocycles. The molecule has 28 heavy (non-hydrogen) atoms. The van der Waals surface area contributed by atoms with Gasteiger partial charge in [-0.2, -0.15) is 0 Å². The SMILES string of the molecule is CCOP(=O)(N[C@@H](C)C(=O)OC(C)C)SCCN1C(=O)c2ccccc2C1=O. The number of hydrogen-bond acceptors (Lipinski definition) is 7. The maximum atomic E-state index is 13.0. The zero-order valence-corrected chi connectivity index (χ0v) is 18.0. The van der Waals surface area contributed by atoms with Crippen molar-refractivity contribution in [3.05, 3.63) is 35.4 Å². The lowest BCUT2D eigenvalue weighted by Gasteiger charge is -2.23. The summed E-state index contributed by atoms with van der Waals surface area (Å²) in [7, 11) is 0. The Balaban J connectivity index is 1.96. The van der Waals surface area contributed by atoms with Gasteiger partial charge in [-0.25, -0.2) is 5.09 Å². The number of rotatable bonds is 10. The molecular weight excluding hydrogens is 403 g/mol. The second-order valence-corrected chi connectivity index (χ2v) is 10.8. The van der Waals surface area contributed by atoms with Crippen molar-refractivity contribution >= 4 is 35.9 Å². The molecule has 1 unspecified atom stereocenters. The third-order valence-corrected chi connectivity index (χ3v) is 8.02. The molecule has 0 fully saturated rings. The number of carbonyl (C=O) groups is 3. The van der Waals surface area contributed by atoms with Crippen molar-refractivity contribution < 1.29 is 28.2 Å². The van der Waals surface area contributed by atoms with E-state index in [0.717, 1.165) is 16.3 Å². The number of benzene rings is 1. The van der Waals surface area contributed by atoms with Crippen molar-refractivity contribution in [2.75, 3.05) is 18.9 Å². The fourth-order valence-electron chi connectivity index (χ4n) is 2.60. The summed E-state index contributed by atoms with van der Waals surface area (Å²) < 4.78 is 23.4. The van der Waals surface area contributed by atoms with Gasteiger partial charge in [-0.1, -0.05) is 23.5 Å². The van der Waals surface area contributed by atoms with Crippen LogP contribution < -0.4 is 5.09 Å². The number of nitrogens with zero attached hydrogens (tertiary/aromatic N) is 1. The van der Waals surface area contributed by atoms with E-state index in [9.17, 15) is 18.9 Å². The van der Waals surface area contributed by atoms with E-state index in [0.29, 0.717) is 11.1 Å². The maximum Gasteiger partial charge on any atom is 0.327 e. The van der Waals surface area contributed by atoms with Crippen LogP contribution in [0.15, 0.2) is 24.3 Å². The molecule has 1 N–H and O–H groups in total. The highest BCUT2D eigenvalue weighted by atomic mass is 32.7. The molecule has 0 radical (unpaired) electrons. The van der Waals surface area contributed by atoms with E-state index >= 15 is 0 Å². The van der Waals surface area contributed by atoms with E-state index < -0.39 is 18.7 Å². The Hall–Kier alpha value is -1.67. The second-order valence-electron chi connectivity index (χ2n) is 6.39. The van der Waals surface area contributed by atoms with Gasteiger partial charge in [0, 0.05) is 12.3 Å². The van der Waals surface area contributed by atoms with Gasteiger partial charge in [-0.05, 0) is 39.8 Å². The van der Waals surface area contributed by atoms with E-state index in [1.807, 2.05) is 0 Å². The summed E-state index contributed by atoms with van der Waals surface area (Å²) >= 11 is 0.951. The lowest BCUT2D eigenvalue weighted by molar-refractivity contribution is -0.149. The Kier molecular flexibility index (Phi) is 7.83. The number of hydrogen-bond donors (Lipinski definition) is 1. The van der Waals surface area contributed by atoms with Crippen LogP contribution in [0.1, 0.15) is 48.4 Å². The van der Waals surface area contributed by atoms with Gasteiger partial charge in [-0.15, -0.1) is 0 Å². The number of nitrogens with one attached hydrogen (secondary N) is 1. The van der Waals surface area contributed by atoms with Gasteiger partial charge in [0.2, 0.25) is 0 Å². The van der Waals surface area contributed by atoms with Gasteiger partial charge in [0.25, 0.3) is 11.8 Å². The van der Waals surface area contributed by atoms with Gasteiger partial charge < -0.3 is 9.26 Å². The Morgan fingerprint density at radius 3 is 2.25 bits per heavy atom. The third kappa shape index (κ3) is 5.44. The molecule has 1 heterocycles. The minimum absolute atomic E-state index is 0.0839. The van der Waals surface area contributed by atoms with Gasteiger partial charge in [0.1, 0.15) is 6.04 Å². The molecule has 10 heteroatoms. The first kappa shape index (κ1) is 22.6. The van der Waals surface area contributed by atoms with Crippen LogP contribution in [-0.4, -0.2) is 53.7 Å². The highest BCUT2D eigenvalue weighted by molar-refractivity contribution is 8.56. The molecule has 0 saturated heterocycles. The molecular formula is C18H25N2O6PS. The zero-order chi connectivity index (χ0) is 20.9. The predicted molar refractivity (Wildman–Crippen MR) is 107 cm³/mol. The minimum Gasteiger partial charge on any atom is -0.462 e. The van der Waals surface area contributed by atoms with Crippen LogP contribution in [0.4, 0.5) is 0 Å². The number of ether oxygens (including phenoxy) is 1. The summed E-state index contributed by atoms with van der Waals surface area (Å²) in [5.74, 6) is -1.07. The monoisotopic (exact) mass is 428 g/mol. The Morgan fingerprint density at radius 1 is 1.18 bits per heavy atom. The van der Waals surface area contributed by atoms with E-state index in [1.165, 1.54) is 0 Å². The first-order valence-electron chi connectivity index (χ1n) is 9.01. The van der Waals surface area contributed by atoms with Crippen molar-refractivity contribution in [2.45, 2.75) is 39.8 Å². The largest absolute Gasteiger partial charge is 0.462 e. The van der Waals surface area contributed by atoms with E-state index in [4.69, 9.17) is 9.26 Å². The van der Waals surface area contributed by atoms with E-state index in [1.54, 1.807) is 52.0 Å². The van der Waals surface area contributed by atoms with Crippen molar-refractivity contribution in [1.82, 2.24) is 9.99 Å².